The molecule has 0 fully saturated rings. The first-order chi connectivity index (χ1) is 11.9. The normalized spacial score (nSPS) is 11.9. The SMILES string of the molecule is Cc1nc2sccn2c1-c1csc(Nc2ccc(S(N)(=O)=O)cc2)n1. The Morgan fingerprint density at radius 3 is 2.64 bits per heavy atom. The van der Waals surface area contributed by atoms with Crippen LogP contribution in [0.4, 0.5) is 10.8 Å². The summed E-state index contributed by atoms with van der Waals surface area (Å²) in [5, 5.41) is 12.9. The Labute approximate surface area is 151 Å². The summed E-state index contributed by atoms with van der Waals surface area (Å²) in [5.41, 5.74) is 3.49. The number of hydrogen-bond donors (Lipinski definition) is 2. The zero-order chi connectivity index (χ0) is 17.6. The van der Waals surface area contributed by atoms with Gasteiger partial charge in [-0.15, -0.1) is 22.7 Å². The highest BCUT2D eigenvalue weighted by Crippen LogP contribution is 2.31. The van der Waals surface area contributed by atoms with Crippen molar-refractivity contribution in [3.05, 3.63) is 46.9 Å². The minimum Gasteiger partial charge on any atom is -0.332 e. The smallest absolute Gasteiger partial charge is 0.238 e. The van der Waals surface area contributed by atoms with E-state index in [0.717, 1.165) is 27.7 Å². The van der Waals surface area contributed by atoms with Crippen molar-refractivity contribution in [3.63, 3.8) is 0 Å². The van der Waals surface area contributed by atoms with Crippen LogP contribution in [0.25, 0.3) is 16.3 Å². The van der Waals surface area contributed by atoms with E-state index in [0.29, 0.717) is 5.13 Å². The van der Waals surface area contributed by atoms with Crippen LogP contribution in [0.5, 0.6) is 0 Å². The highest BCUT2D eigenvalue weighted by molar-refractivity contribution is 7.89. The molecule has 0 atom stereocenters. The summed E-state index contributed by atoms with van der Waals surface area (Å²) >= 11 is 3.05. The Morgan fingerprint density at radius 2 is 1.92 bits per heavy atom. The maximum atomic E-state index is 11.3. The van der Waals surface area contributed by atoms with Gasteiger partial charge in [-0.1, -0.05) is 0 Å². The second kappa shape index (κ2) is 5.92. The maximum absolute atomic E-state index is 11.3. The molecular weight excluding hydrogens is 378 g/mol. The first-order valence-corrected chi connectivity index (χ1v) is 10.5. The monoisotopic (exact) mass is 391 g/mol. The number of benzene rings is 1. The van der Waals surface area contributed by atoms with E-state index in [9.17, 15) is 8.42 Å². The van der Waals surface area contributed by atoms with Crippen LogP contribution >= 0.6 is 22.7 Å². The first kappa shape index (κ1) is 16.2. The standard InChI is InChI=1S/C15H13N5O2S3/c1-9-13(20-6-7-23-15(20)17-9)12-8-24-14(19-12)18-10-2-4-11(5-3-10)25(16,21)22/h2-8H,1H3,(H,18,19)(H2,16,21,22). The second-order valence-electron chi connectivity index (χ2n) is 5.33. The lowest BCUT2D eigenvalue weighted by atomic mass is 10.3. The van der Waals surface area contributed by atoms with Crippen LogP contribution in [0.3, 0.4) is 0 Å². The van der Waals surface area contributed by atoms with Gasteiger partial charge in [0.1, 0.15) is 5.69 Å². The Morgan fingerprint density at radius 1 is 1.16 bits per heavy atom. The Balaban J connectivity index is 1.62. The number of imidazole rings is 1. The number of thiazole rings is 2. The molecule has 0 radical (unpaired) electrons. The minimum absolute atomic E-state index is 0.0765. The van der Waals surface area contributed by atoms with Crippen LogP contribution in [0.1, 0.15) is 5.69 Å². The van der Waals surface area contributed by atoms with Crippen LogP contribution in [-0.2, 0) is 10.0 Å². The minimum atomic E-state index is -3.69. The van der Waals surface area contributed by atoms with E-state index < -0.39 is 10.0 Å². The highest BCUT2D eigenvalue weighted by atomic mass is 32.2. The Hall–Kier alpha value is -2.27. The van der Waals surface area contributed by atoms with E-state index in [-0.39, 0.29) is 4.90 Å². The van der Waals surface area contributed by atoms with E-state index in [1.165, 1.54) is 23.5 Å². The van der Waals surface area contributed by atoms with Crippen LogP contribution < -0.4 is 10.5 Å². The van der Waals surface area contributed by atoms with Gasteiger partial charge in [0.2, 0.25) is 10.0 Å². The highest BCUT2D eigenvalue weighted by Gasteiger charge is 2.15. The number of hydrogen-bond acceptors (Lipinski definition) is 7. The molecule has 0 saturated carbocycles. The predicted molar refractivity (Wildman–Crippen MR) is 100 cm³/mol. The third kappa shape index (κ3) is 3.04. The third-order valence-electron chi connectivity index (χ3n) is 3.62. The van der Waals surface area contributed by atoms with E-state index in [1.54, 1.807) is 23.5 Å². The van der Waals surface area contributed by atoms with E-state index in [1.807, 2.05) is 28.3 Å². The molecule has 1 aromatic carbocycles. The van der Waals surface area contributed by atoms with Crippen molar-refractivity contribution in [1.82, 2.24) is 14.4 Å². The van der Waals surface area contributed by atoms with E-state index in [2.05, 4.69) is 15.3 Å². The van der Waals surface area contributed by atoms with Crippen LogP contribution in [0.15, 0.2) is 46.1 Å². The van der Waals surface area contributed by atoms with Gasteiger partial charge in [-0.2, -0.15) is 0 Å². The molecule has 0 unspecified atom stereocenters. The lowest BCUT2D eigenvalue weighted by molar-refractivity contribution is 0.598. The molecular formula is C15H13N5O2S3. The largest absolute Gasteiger partial charge is 0.332 e. The summed E-state index contributed by atoms with van der Waals surface area (Å²) in [6.45, 7) is 1.97. The van der Waals surface area contributed by atoms with Crippen molar-refractivity contribution in [2.24, 2.45) is 5.14 Å². The molecule has 0 aliphatic heterocycles. The Bertz CT molecular complexity index is 1160. The fraction of sp³-hybridized carbons (Fsp3) is 0.0667. The number of sulfonamides is 1. The van der Waals surface area contributed by atoms with Crippen LogP contribution in [0.2, 0.25) is 0 Å². The lowest BCUT2D eigenvalue weighted by Gasteiger charge is -2.03. The zero-order valence-electron chi connectivity index (χ0n) is 13.0. The predicted octanol–water partition coefficient (Wildman–Crippen LogP) is 3.22. The summed E-state index contributed by atoms with van der Waals surface area (Å²) in [7, 11) is -3.69. The number of aromatic nitrogens is 3. The number of fused-ring (bicyclic) bond motifs is 1. The molecule has 25 heavy (non-hydrogen) atoms. The summed E-state index contributed by atoms with van der Waals surface area (Å²) in [5.74, 6) is 0. The molecule has 3 heterocycles. The van der Waals surface area contributed by atoms with Gasteiger partial charge < -0.3 is 5.32 Å². The molecule has 3 aromatic heterocycles. The van der Waals surface area contributed by atoms with E-state index >= 15 is 0 Å². The summed E-state index contributed by atoms with van der Waals surface area (Å²) < 4.78 is 24.6. The number of nitrogens with two attached hydrogens (primary N) is 1. The van der Waals surface area contributed by atoms with Gasteiger partial charge in [-0.05, 0) is 31.2 Å². The zero-order valence-corrected chi connectivity index (χ0v) is 15.5. The first-order valence-electron chi connectivity index (χ1n) is 7.20. The van der Waals surface area contributed by atoms with Crippen molar-refractivity contribution in [1.29, 1.82) is 0 Å². The number of nitrogens with one attached hydrogen (secondary N) is 1. The molecule has 3 N–H and O–H groups in total. The van der Waals surface area contributed by atoms with Gasteiger partial charge in [0, 0.05) is 22.6 Å². The molecule has 10 heteroatoms. The molecule has 0 spiro atoms. The molecule has 128 valence electrons. The van der Waals surface area contributed by atoms with Crippen molar-refractivity contribution in [3.8, 4) is 11.4 Å². The van der Waals surface area contributed by atoms with Gasteiger partial charge >= 0.3 is 0 Å². The topological polar surface area (TPSA) is 102 Å². The Kier molecular flexibility index (Phi) is 3.84. The van der Waals surface area contributed by atoms with Gasteiger partial charge in [-0.3, -0.25) is 4.40 Å². The van der Waals surface area contributed by atoms with Gasteiger partial charge in [0.05, 0.1) is 16.3 Å². The molecule has 4 aromatic rings. The number of primary sulfonamides is 1. The lowest BCUT2D eigenvalue weighted by Crippen LogP contribution is -2.11. The molecule has 4 rings (SSSR count). The van der Waals surface area contributed by atoms with Gasteiger partial charge in [-0.25, -0.2) is 23.5 Å². The van der Waals surface area contributed by atoms with Crippen LogP contribution in [0, 0.1) is 6.92 Å². The van der Waals surface area contributed by atoms with Gasteiger partial charge in [0.25, 0.3) is 0 Å². The van der Waals surface area contributed by atoms with E-state index in [4.69, 9.17) is 5.14 Å². The fourth-order valence-electron chi connectivity index (χ4n) is 2.49. The second-order valence-corrected chi connectivity index (χ2v) is 8.63. The van der Waals surface area contributed by atoms with Crippen LogP contribution in [-0.4, -0.2) is 22.8 Å². The number of rotatable bonds is 4. The van der Waals surface area contributed by atoms with Gasteiger partial charge in [0.15, 0.2) is 10.1 Å². The third-order valence-corrected chi connectivity index (χ3v) is 6.06. The molecule has 0 saturated heterocycles. The summed E-state index contributed by atoms with van der Waals surface area (Å²) in [4.78, 5) is 10.2. The quantitative estimate of drug-likeness (QED) is 0.556. The molecule has 0 bridgehead atoms. The molecule has 7 nitrogen and oxygen atoms in total. The number of nitrogens with zero attached hydrogens (tertiary/aromatic N) is 3. The summed E-state index contributed by atoms with van der Waals surface area (Å²) in [6.07, 6.45) is 1.98. The number of aryl methyl sites for hydroxylation is 1. The maximum Gasteiger partial charge on any atom is 0.238 e. The molecule has 0 amide bonds. The average Bonchev–Trinajstić information content (AvgIpc) is 3.23. The van der Waals surface area contributed by atoms with Crippen molar-refractivity contribution >= 4 is 48.5 Å². The van der Waals surface area contributed by atoms with Crippen molar-refractivity contribution in [2.45, 2.75) is 11.8 Å². The fourth-order valence-corrected chi connectivity index (χ4v) is 4.48. The number of anilines is 2. The molecule has 0 aliphatic rings. The average molecular weight is 392 g/mol. The summed E-state index contributed by atoms with van der Waals surface area (Å²) in [6, 6.07) is 6.23. The van der Waals surface area contributed by atoms with Crippen molar-refractivity contribution in [2.75, 3.05) is 5.32 Å². The van der Waals surface area contributed by atoms with Crippen molar-refractivity contribution < 1.29 is 8.42 Å². The molecule has 0 aliphatic carbocycles.